The maximum atomic E-state index is 13.1. The first kappa shape index (κ1) is 19.6. The van der Waals surface area contributed by atoms with Gasteiger partial charge in [-0.15, -0.1) is 0 Å². The molecule has 6 heteroatoms. The van der Waals surface area contributed by atoms with Gasteiger partial charge in [0.05, 0.1) is 24.0 Å². The molecular weight excluding hydrogens is 352 g/mol. The molecule has 3 aromatic rings. The Hall–Kier alpha value is -3.15. The van der Waals surface area contributed by atoms with Crippen LogP contribution in [0.25, 0.3) is 11.0 Å². The van der Waals surface area contributed by atoms with Crippen LogP contribution in [0.15, 0.2) is 36.5 Å². The summed E-state index contributed by atoms with van der Waals surface area (Å²) in [6.07, 6.45) is 1.61. The molecule has 2 aromatic heterocycles. The minimum absolute atomic E-state index is 0.0610. The Morgan fingerprint density at radius 1 is 1.14 bits per heavy atom. The van der Waals surface area contributed by atoms with Gasteiger partial charge in [0, 0.05) is 30.4 Å². The van der Waals surface area contributed by atoms with Crippen molar-refractivity contribution in [1.29, 1.82) is 0 Å². The summed E-state index contributed by atoms with van der Waals surface area (Å²) in [5.41, 5.74) is 4.58. The normalized spacial score (nSPS) is 10.8. The summed E-state index contributed by atoms with van der Waals surface area (Å²) in [6.45, 7) is 9.14. The second-order valence-electron chi connectivity index (χ2n) is 6.68. The maximum absolute atomic E-state index is 13.1. The summed E-state index contributed by atoms with van der Waals surface area (Å²) in [6, 6.07) is 9.78. The van der Waals surface area contributed by atoms with E-state index in [0.29, 0.717) is 35.7 Å². The number of pyridine rings is 2. The van der Waals surface area contributed by atoms with Crippen LogP contribution < -0.4 is 10.1 Å². The Labute approximate surface area is 165 Å². The van der Waals surface area contributed by atoms with E-state index in [4.69, 9.17) is 4.74 Å². The molecule has 0 fully saturated rings. The molecule has 0 radical (unpaired) electrons. The number of carbonyl (C=O) groups is 1. The Morgan fingerprint density at radius 2 is 1.89 bits per heavy atom. The van der Waals surface area contributed by atoms with E-state index in [1.165, 1.54) is 0 Å². The molecule has 0 saturated carbocycles. The Balaban J connectivity index is 2.21. The monoisotopic (exact) mass is 378 g/mol. The van der Waals surface area contributed by atoms with E-state index in [1.54, 1.807) is 18.2 Å². The summed E-state index contributed by atoms with van der Waals surface area (Å²) in [7, 11) is 1.63. The third-order valence-electron chi connectivity index (χ3n) is 4.76. The molecule has 6 nitrogen and oxygen atoms in total. The van der Waals surface area contributed by atoms with E-state index >= 15 is 0 Å². The molecule has 1 amide bonds. The number of hydrogen-bond acceptors (Lipinski definition) is 5. The lowest BCUT2D eigenvalue weighted by atomic mass is 10.1. The van der Waals surface area contributed by atoms with Gasteiger partial charge in [-0.3, -0.25) is 4.79 Å². The van der Waals surface area contributed by atoms with Gasteiger partial charge in [0.1, 0.15) is 5.75 Å². The molecule has 0 unspecified atom stereocenters. The van der Waals surface area contributed by atoms with Crippen LogP contribution in [0.5, 0.6) is 5.75 Å². The fourth-order valence-electron chi connectivity index (χ4n) is 3.20. The zero-order chi connectivity index (χ0) is 20.3. The number of anilines is 2. The molecule has 28 heavy (non-hydrogen) atoms. The van der Waals surface area contributed by atoms with E-state index in [1.807, 2.05) is 58.0 Å². The number of aromatic nitrogens is 2. The number of carbonyl (C=O) groups excluding carboxylic acids is 1. The molecule has 0 aliphatic carbocycles. The molecule has 0 spiro atoms. The summed E-state index contributed by atoms with van der Waals surface area (Å²) >= 11 is 0. The molecule has 1 aromatic carbocycles. The predicted molar refractivity (Wildman–Crippen MR) is 113 cm³/mol. The summed E-state index contributed by atoms with van der Waals surface area (Å²) in [5, 5.41) is 4.23. The third-order valence-corrected chi connectivity index (χ3v) is 4.76. The van der Waals surface area contributed by atoms with Crippen LogP contribution in [-0.4, -0.2) is 41.0 Å². The highest BCUT2D eigenvalue weighted by molar-refractivity contribution is 6.07. The number of nitrogens with one attached hydrogen (secondary N) is 1. The minimum atomic E-state index is -0.0610. The molecule has 0 aliphatic rings. The first-order chi connectivity index (χ1) is 13.5. The van der Waals surface area contributed by atoms with E-state index in [9.17, 15) is 4.79 Å². The maximum Gasteiger partial charge on any atom is 0.257 e. The van der Waals surface area contributed by atoms with Crippen LogP contribution in [0.4, 0.5) is 11.4 Å². The lowest BCUT2D eigenvalue weighted by molar-refractivity contribution is 0.0773. The van der Waals surface area contributed by atoms with Crippen molar-refractivity contribution in [3.63, 3.8) is 0 Å². The van der Waals surface area contributed by atoms with Gasteiger partial charge >= 0.3 is 0 Å². The van der Waals surface area contributed by atoms with Gasteiger partial charge in [-0.05, 0) is 57.5 Å². The Kier molecular flexibility index (Phi) is 5.78. The number of nitrogens with zero attached hydrogens (tertiary/aromatic N) is 3. The number of hydrogen-bond donors (Lipinski definition) is 1. The van der Waals surface area contributed by atoms with Gasteiger partial charge in [-0.1, -0.05) is 6.07 Å². The standard InChI is InChI=1S/C22H26N4O2/c1-6-26(7-2)22(27)17-13-23-21-16(10-9-15(4)24-21)20(17)25-18-12-14(3)8-11-19(18)28-5/h8-13H,6-7H2,1-5H3,(H,23,24,25). The zero-order valence-electron chi connectivity index (χ0n) is 17.0. The number of fused-ring (bicyclic) bond motifs is 1. The van der Waals surface area contributed by atoms with Crippen molar-refractivity contribution < 1.29 is 9.53 Å². The van der Waals surface area contributed by atoms with Crippen LogP contribution in [0.1, 0.15) is 35.5 Å². The average Bonchev–Trinajstić information content (AvgIpc) is 2.69. The summed E-state index contributed by atoms with van der Waals surface area (Å²) in [4.78, 5) is 23.9. The number of rotatable bonds is 6. The van der Waals surface area contributed by atoms with Gasteiger partial charge in [0.15, 0.2) is 5.65 Å². The number of benzene rings is 1. The van der Waals surface area contributed by atoms with Crippen molar-refractivity contribution in [1.82, 2.24) is 14.9 Å². The largest absolute Gasteiger partial charge is 0.495 e. The van der Waals surface area contributed by atoms with E-state index < -0.39 is 0 Å². The first-order valence-corrected chi connectivity index (χ1v) is 9.45. The third kappa shape index (κ3) is 3.76. The van der Waals surface area contributed by atoms with Crippen molar-refractivity contribution in [2.45, 2.75) is 27.7 Å². The first-order valence-electron chi connectivity index (χ1n) is 9.45. The molecule has 0 saturated heterocycles. The topological polar surface area (TPSA) is 67.4 Å². The van der Waals surface area contributed by atoms with Gasteiger partial charge < -0.3 is 15.0 Å². The SMILES string of the molecule is CCN(CC)C(=O)c1cnc2nc(C)ccc2c1Nc1cc(C)ccc1OC. The Morgan fingerprint density at radius 3 is 2.57 bits per heavy atom. The predicted octanol–water partition coefficient (Wildman–Crippen LogP) is 4.48. The lowest BCUT2D eigenvalue weighted by Crippen LogP contribution is -2.31. The van der Waals surface area contributed by atoms with E-state index in [-0.39, 0.29) is 5.91 Å². The van der Waals surface area contributed by atoms with Crippen molar-refractivity contribution in [3.8, 4) is 5.75 Å². The molecule has 146 valence electrons. The highest BCUT2D eigenvalue weighted by Crippen LogP contribution is 2.34. The molecule has 0 aliphatic heterocycles. The minimum Gasteiger partial charge on any atom is -0.495 e. The molecule has 2 heterocycles. The number of methoxy groups -OCH3 is 1. The molecule has 0 atom stereocenters. The van der Waals surface area contributed by atoms with Crippen LogP contribution in [0.3, 0.4) is 0 Å². The molecule has 1 N–H and O–H groups in total. The molecule has 3 rings (SSSR count). The van der Waals surface area contributed by atoms with E-state index in [2.05, 4.69) is 15.3 Å². The van der Waals surface area contributed by atoms with E-state index in [0.717, 1.165) is 22.3 Å². The smallest absolute Gasteiger partial charge is 0.257 e. The fourth-order valence-corrected chi connectivity index (χ4v) is 3.20. The van der Waals surface area contributed by atoms with Crippen LogP contribution >= 0.6 is 0 Å². The Bertz CT molecular complexity index is 1010. The quantitative estimate of drug-likeness (QED) is 0.685. The number of ether oxygens (including phenoxy) is 1. The highest BCUT2D eigenvalue weighted by atomic mass is 16.5. The van der Waals surface area contributed by atoms with Crippen molar-refractivity contribution in [3.05, 3.63) is 53.3 Å². The van der Waals surface area contributed by atoms with Gasteiger partial charge in [0.25, 0.3) is 5.91 Å². The summed E-state index contributed by atoms with van der Waals surface area (Å²) in [5.74, 6) is 0.644. The van der Waals surface area contributed by atoms with Crippen LogP contribution in [-0.2, 0) is 0 Å². The van der Waals surface area contributed by atoms with Crippen LogP contribution in [0.2, 0.25) is 0 Å². The fraction of sp³-hybridized carbons (Fsp3) is 0.318. The second-order valence-corrected chi connectivity index (χ2v) is 6.68. The van der Waals surface area contributed by atoms with Crippen molar-refractivity contribution in [2.75, 3.05) is 25.5 Å². The van der Waals surface area contributed by atoms with Gasteiger partial charge in [-0.2, -0.15) is 0 Å². The molecular formula is C22H26N4O2. The lowest BCUT2D eigenvalue weighted by Gasteiger charge is -2.22. The van der Waals surface area contributed by atoms with Gasteiger partial charge in [-0.25, -0.2) is 9.97 Å². The van der Waals surface area contributed by atoms with Crippen molar-refractivity contribution in [2.24, 2.45) is 0 Å². The zero-order valence-corrected chi connectivity index (χ0v) is 17.0. The second kappa shape index (κ2) is 8.25. The van der Waals surface area contributed by atoms with Gasteiger partial charge in [0.2, 0.25) is 0 Å². The number of amides is 1. The highest BCUT2D eigenvalue weighted by Gasteiger charge is 2.21. The molecule has 0 bridgehead atoms. The average molecular weight is 378 g/mol. The van der Waals surface area contributed by atoms with Crippen molar-refractivity contribution >= 4 is 28.3 Å². The van der Waals surface area contributed by atoms with Crippen LogP contribution in [0, 0.1) is 13.8 Å². The summed E-state index contributed by atoms with van der Waals surface area (Å²) < 4.78 is 5.50. The number of aryl methyl sites for hydroxylation is 2.